The summed E-state index contributed by atoms with van der Waals surface area (Å²) in [6.07, 6.45) is 0.140. The molecule has 0 spiro atoms. The quantitative estimate of drug-likeness (QED) is 0.631. The van der Waals surface area contributed by atoms with Gasteiger partial charge in [-0.3, -0.25) is 9.59 Å². The van der Waals surface area contributed by atoms with Crippen LogP contribution in [0.4, 0.5) is 0 Å². The largest absolute Gasteiger partial charge is 0.480 e. The van der Waals surface area contributed by atoms with E-state index in [1.165, 1.54) is 6.92 Å². The van der Waals surface area contributed by atoms with Gasteiger partial charge in [-0.25, -0.2) is 0 Å². The SMILES string of the molecule is CC(NC(=O)CC(N)C(C)(C)C)C(=O)O. The summed E-state index contributed by atoms with van der Waals surface area (Å²) in [5, 5.41) is 10.9. The molecular weight excluding hydrogens is 196 g/mol. The summed E-state index contributed by atoms with van der Waals surface area (Å²) in [5.74, 6) is -1.37. The highest BCUT2D eigenvalue weighted by Gasteiger charge is 2.24. The summed E-state index contributed by atoms with van der Waals surface area (Å²) in [7, 11) is 0. The minimum atomic E-state index is -1.05. The molecule has 0 radical (unpaired) electrons. The lowest BCUT2D eigenvalue weighted by molar-refractivity contribution is -0.141. The van der Waals surface area contributed by atoms with Crippen LogP contribution in [0.2, 0.25) is 0 Å². The second-order valence-electron chi connectivity index (χ2n) is 4.80. The summed E-state index contributed by atoms with van der Waals surface area (Å²) in [6, 6.07) is -1.15. The maximum absolute atomic E-state index is 11.4. The molecule has 0 bridgehead atoms. The van der Waals surface area contributed by atoms with E-state index < -0.39 is 12.0 Å². The molecule has 0 aliphatic rings. The Kier molecular flexibility index (Phi) is 4.74. The van der Waals surface area contributed by atoms with Crippen molar-refractivity contribution in [3.8, 4) is 0 Å². The molecule has 2 unspecified atom stereocenters. The predicted octanol–water partition coefficient (Wildman–Crippen LogP) is 0.339. The number of carbonyl (C=O) groups excluding carboxylic acids is 1. The van der Waals surface area contributed by atoms with Crippen LogP contribution >= 0.6 is 0 Å². The fourth-order valence-corrected chi connectivity index (χ4v) is 0.868. The monoisotopic (exact) mass is 216 g/mol. The molecule has 0 aromatic heterocycles. The maximum Gasteiger partial charge on any atom is 0.325 e. The molecule has 0 saturated carbocycles. The van der Waals surface area contributed by atoms with E-state index in [4.69, 9.17) is 10.8 Å². The average Bonchev–Trinajstić information content (AvgIpc) is 2.01. The van der Waals surface area contributed by atoms with Gasteiger partial charge in [0, 0.05) is 12.5 Å². The fourth-order valence-electron chi connectivity index (χ4n) is 0.868. The van der Waals surface area contributed by atoms with E-state index >= 15 is 0 Å². The molecular formula is C10H20N2O3. The molecule has 0 aliphatic carbocycles. The molecule has 5 nitrogen and oxygen atoms in total. The summed E-state index contributed by atoms with van der Waals surface area (Å²) in [6.45, 7) is 7.23. The van der Waals surface area contributed by atoms with E-state index in [9.17, 15) is 9.59 Å². The van der Waals surface area contributed by atoms with Crippen LogP contribution in [-0.4, -0.2) is 29.1 Å². The molecule has 5 heteroatoms. The molecule has 0 heterocycles. The van der Waals surface area contributed by atoms with E-state index in [1.54, 1.807) is 0 Å². The van der Waals surface area contributed by atoms with Crippen molar-refractivity contribution in [2.75, 3.05) is 0 Å². The molecule has 4 N–H and O–H groups in total. The highest BCUT2D eigenvalue weighted by molar-refractivity contribution is 5.83. The van der Waals surface area contributed by atoms with Crippen molar-refractivity contribution in [1.82, 2.24) is 5.32 Å². The number of hydrogen-bond acceptors (Lipinski definition) is 3. The van der Waals surface area contributed by atoms with Gasteiger partial charge in [-0.05, 0) is 12.3 Å². The number of nitrogens with two attached hydrogens (primary N) is 1. The second kappa shape index (κ2) is 5.11. The fraction of sp³-hybridized carbons (Fsp3) is 0.800. The summed E-state index contributed by atoms with van der Waals surface area (Å²) < 4.78 is 0. The van der Waals surface area contributed by atoms with Crippen LogP contribution in [0, 0.1) is 5.41 Å². The Bertz CT molecular complexity index is 246. The third-order valence-electron chi connectivity index (χ3n) is 2.27. The third kappa shape index (κ3) is 5.37. The van der Waals surface area contributed by atoms with Crippen LogP contribution in [0.5, 0.6) is 0 Å². The van der Waals surface area contributed by atoms with Crippen LogP contribution in [0.1, 0.15) is 34.1 Å². The Morgan fingerprint density at radius 1 is 1.40 bits per heavy atom. The molecule has 0 fully saturated rings. The lowest BCUT2D eigenvalue weighted by Crippen LogP contribution is -2.44. The van der Waals surface area contributed by atoms with Gasteiger partial charge in [-0.1, -0.05) is 20.8 Å². The number of carboxylic acids is 1. The van der Waals surface area contributed by atoms with Crippen molar-refractivity contribution in [2.24, 2.45) is 11.1 Å². The van der Waals surface area contributed by atoms with Gasteiger partial charge in [-0.2, -0.15) is 0 Å². The smallest absolute Gasteiger partial charge is 0.325 e. The van der Waals surface area contributed by atoms with Crippen LogP contribution in [-0.2, 0) is 9.59 Å². The number of carbonyl (C=O) groups is 2. The van der Waals surface area contributed by atoms with Gasteiger partial charge in [-0.15, -0.1) is 0 Å². The molecule has 88 valence electrons. The highest BCUT2D eigenvalue weighted by atomic mass is 16.4. The van der Waals surface area contributed by atoms with Crippen molar-refractivity contribution in [3.05, 3.63) is 0 Å². The topological polar surface area (TPSA) is 92.4 Å². The van der Waals surface area contributed by atoms with Crippen molar-refractivity contribution in [1.29, 1.82) is 0 Å². The van der Waals surface area contributed by atoms with Gasteiger partial charge >= 0.3 is 5.97 Å². The first-order valence-corrected chi connectivity index (χ1v) is 4.92. The number of nitrogens with one attached hydrogen (secondary N) is 1. The number of hydrogen-bond donors (Lipinski definition) is 3. The van der Waals surface area contributed by atoms with Crippen molar-refractivity contribution in [2.45, 2.75) is 46.2 Å². The van der Waals surface area contributed by atoms with Gasteiger partial charge in [0.2, 0.25) is 5.91 Å². The minimum Gasteiger partial charge on any atom is -0.480 e. The number of carboxylic acid groups (broad SMARTS) is 1. The van der Waals surface area contributed by atoms with Crippen LogP contribution in [0.15, 0.2) is 0 Å². The van der Waals surface area contributed by atoms with Gasteiger partial charge in [0.15, 0.2) is 0 Å². The third-order valence-corrected chi connectivity index (χ3v) is 2.27. The molecule has 0 saturated heterocycles. The molecule has 0 rings (SSSR count). The normalized spacial score (nSPS) is 15.5. The Labute approximate surface area is 90.0 Å². The van der Waals surface area contributed by atoms with Crippen molar-refractivity contribution < 1.29 is 14.7 Å². The Hall–Kier alpha value is -1.10. The van der Waals surface area contributed by atoms with Crippen LogP contribution in [0.3, 0.4) is 0 Å². The van der Waals surface area contributed by atoms with Gasteiger partial charge in [0.05, 0.1) is 0 Å². The van der Waals surface area contributed by atoms with Gasteiger partial charge < -0.3 is 16.2 Å². The Morgan fingerprint density at radius 2 is 1.87 bits per heavy atom. The number of amides is 1. The van der Waals surface area contributed by atoms with E-state index in [0.717, 1.165) is 0 Å². The molecule has 15 heavy (non-hydrogen) atoms. The summed E-state index contributed by atoms with van der Waals surface area (Å²) in [4.78, 5) is 21.8. The zero-order valence-electron chi connectivity index (χ0n) is 9.70. The Balaban J connectivity index is 4.11. The maximum atomic E-state index is 11.4. The predicted molar refractivity (Wildman–Crippen MR) is 57.3 cm³/mol. The van der Waals surface area contributed by atoms with Gasteiger partial charge in [0.1, 0.15) is 6.04 Å². The highest BCUT2D eigenvalue weighted by Crippen LogP contribution is 2.19. The molecule has 0 aromatic carbocycles. The number of aliphatic carboxylic acids is 1. The van der Waals surface area contributed by atoms with Crippen molar-refractivity contribution >= 4 is 11.9 Å². The molecule has 0 aliphatic heterocycles. The van der Waals surface area contributed by atoms with E-state index in [-0.39, 0.29) is 23.8 Å². The molecule has 0 aromatic rings. The lowest BCUT2D eigenvalue weighted by atomic mass is 9.85. The standard InChI is InChI=1S/C10H20N2O3/c1-6(9(14)15)12-8(13)5-7(11)10(2,3)4/h6-7H,5,11H2,1-4H3,(H,12,13)(H,14,15). The lowest BCUT2D eigenvalue weighted by Gasteiger charge is -2.26. The van der Waals surface area contributed by atoms with Crippen molar-refractivity contribution in [3.63, 3.8) is 0 Å². The Morgan fingerprint density at radius 3 is 2.20 bits per heavy atom. The van der Waals surface area contributed by atoms with Crippen LogP contribution < -0.4 is 11.1 Å². The average molecular weight is 216 g/mol. The number of rotatable bonds is 4. The van der Waals surface area contributed by atoms with E-state index in [2.05, 4.69) is 5.32 Å². The zero-order chi connectivity index (χ0) is 12.2. The van der Waals surface area contributed by atoms with E-state index in [1.807, 2.05) is 20.8 Å². The zero-order valence-corrected chi connectivity index (χ0v) is 9.70. The summed E-state index contributed by atoms with van der Waals surface area (Å²) in [5.41, 5.74) is 5.63. The molecule has 2 atom stereocenters. The first kappa shape index (κ1) is 13.9. The second-order valence-corrected chi connectivity index (χ2v) is 4.80. The van der Waals surface area contributed by atoms with Gasteiger partial charge in [0.25, 0.3) is 0 Å². The van der Waals surface area contributed by atoms with E-state index in [0.29, 0.717) is 0 Å². The van der Waals surface area contributed by atoms with Crippen LogP contribution in [0.25, 0.3) is 0 Å². The summed E-state index contributed by atoms with van der Waals surface area (Å²) >= 11 is 0. The minimum absolute atomic E-state index is 0.140. The molecule has 1 amide bonds. The first-order chi connectivity index (χ1) is 6.64. The first-order valence-electron chi connectivity index (χ1n) is 4.92.